The van der Waals surface area contributed by atoms with Crippen LogP contribution in [0.4, 0.5) is 0 Å². The predicted molar refractivity (Wildman–Crippen MR) is 76.9 cm³/mol. The van der Waals surface area contributed by atoms with E-state index in [0.29, 0.717) is 12.5 Å². The summed E-state index contributed by atoms with van der Waals surface area (Å²) in [6, 6.07) is 8.95. The highest BCUT2D eigenvalue weighted by Crippen LogP contribution is 2.44. The Bertz CT molecular complexity index is 451. The lowest BCUT2D eigenvalue weighted by molar-refractivity contribution is -0.122. The van der Waals surface area contributed by atoms with E-state index in [2.05, 4.69) is 36.5 Å². The molecule has 19 heavy (non-hydrogen) atoms. The molecular formula is C17H23NO. The number of hydrogen-bond donors (Lipinski definition) is 1. The van der Waals surface area contributed by atoms with Crippen molar-refractivity contribution < 1.29 is 4.79 Å². The maximum absolute atomic E-state index is 12.0. The van der Waals surface area contributed by atoms with Crippen LogP contribution < -0.4 is 5.32 Å². The first-order chi connectivity index (χ1) is 9.20. The summed E-state index contributed by atoms with van der Waals surface area (Å²) < 4.78 is 0. The summed E-state index contributed by atoms with van der Waals surface area (Å²) in [4.78, 5) is 12.0. The number of fused-ring (bicyclic) bond motifs is 2. The van der Waals surface area contributed by atoms with Gasteiger partial charge in [0.2, 0.25) is 5.91 Å². The van der Waals surface area contributed by atoms with Crippen molar-refractivity contribution in [2.24, 2.45) is 11.8 Å². The Kier molecular flexibility index (Phi) is 3.58. The van der Waals surface area contributed by atoms with E-state index in [1.165, 1.54) is 36.8 Å². The molecule has 1 aromatic rings. The lowest BCUT2D eigenvalue weighted by Crippen LogP contribution is -2.38. The largest absolute Gasteiger partial charge is 0.353 e. The Balaban J connectivity index is 1.45. The van der Waals surface area contributed by atoms with E-state index in [0.717, 1.165) is 18.3 Å². The number of amides is 1. The summed E-state index contributed by atoms with van der Waals surface area (Å²) in [6.07, 6.45) is 6.77. The molecule has 2 nitrogen and oxygen atoms in total. The molecule has 1 aromatic carbocycles. The van der Waals surface area contributed by atoms with Crippen molar-refractivity contribution in [3.05, 3.63) is 35.4 Å². The van der Waals surface area contributed by atoms with E-state index in [4.69, 9.17) is 0 Å². The van der Waals surface area contributed by atoms with Crippen LogP contribution in [-0.4, -0.2) is 11.9 Å². The number of aryl methyl sites for hydroxylation is 2. The molecule has 3 atom stereocenters. The van der Waals surface area contributed by atoms with Gasteiger partial charge in [-0.25, -0.2) is 0 Å². The van der Waals surface area contributed by atoms with Crippen LogP contribution >= 0.6 is 0 Å². The maximum Gasteiger partial charge on any atom is 0.220 e. The molecule has 2 fully saturated rings. The van der Waals surface area contributed by atoms with Crippen molar-refractivity contribution in [1.82, 2.24) is 5.32 Å². The summed E-state index contributed by atoms with van der Waals surface area (Å²) in [5, 5.41) is 3.25. The molecule has 2 heteroatoms. The summed E-state index contributed by atoms with van der Waals surface area (Å²) in [5.74, 6) is 1.90. The summed E-state index contributed by atoms with van der Waals surface area (Å²) >= 11 is 0. The molecule has 2 aliphatic carbocycles. The molecule has 0 unspecified atom stereocenters. The third kappa shape index (κ3) is 2.99. The number of carbonyl (C=O) groups excluding carboxylic acids is 1. The van der Waals surface area contributed by atoms with Gasteiger partial charge in [-0.05, 0) is 50.0 Å². The molecule has 0 heterocycles. The number of carbonyl (C=O) groups is 1. The lowest BCUT2D eigenvalue weighted by Gasteiger charge is -2.22. The molecule has 0 aromatic heterocycles. The van der Waals surface area contributed by atoms with Gasteiger partial charge < -0.3 is 5.32 Å². The first kappa shape index (κ1) is 12.7. The first-order valence-electron chi connectivity index (χ1n) is 7.55. The lowest BCUT2D eigenvalue weighted by atomic mass is 9.95. The fourth-order valence-corrected chi connectivity index (χ4v) is 3.71. The van der Waals surface area contributed by atoms with Crippen LogP contribution in [0.2, 0.25) is 0 Å². The normalized spacial score (nSPS) is 28.6. The van der Waals surface area contributed by atoms with Crippen molar-refractivity contribution in [1.29, 1.82) is 0 Å². The molecule has 3 rings (SSSR count). The van der Waals surface area contributed by atoms with Gasteiger partial charge in [0.05, 0.1) is 0 Å². The number of benzene rings is 1. The van der Waals surface area contributed by atoms with Gasteiger partial charge in [0.25, 0.3) is 0 Å². The average molecular weight is 257 g/mol. The highest BCUT2D eigenvalue weighted by Gasteiger charge is 2.39. The molecule has 1 N–H and O–H groups in total. The minimum Gasteiger partial charge on any atom is -0.353 e. The Morgan fingerprint density at radius 3 is 2.63 bits per heavy atom. The van der Waals surface area contributed by atoms with Crippen molar-refractivity contribution in [2.75, 3.05) is 0 Å². The maximum atomic E-state index is 12.0. The predicted octanol–water partition coefficient (Wildman–Crippen LogP) is 3.23. The second-order valence-corrected chi connectivity index (χ2v) is 6.33. The Morgan fingerprint density at radius 2 is 2.00 bits per heavy atom. The Morgan fingerprint density at radius 1 is 1.21 bits per heavy atom. The molecule has 2 aliphatic rings. The standard InChI is InChI=1S/C17H23NO/c1-12-2-4-13(5-3-12)7-9-17(19)18-16-11-14-6-8-15(16)10-14/h2-5,14-16H,6-11H2,1H3,(H,18,19)/t14-,15-,16-/m0/s1. The topological polar surface area (TPSA) is 29.1 Å². The highest BCUT2D eigenvalue weighted by molar-refractivity contribution is 5.76. The van der Waals surface area contributed by atoms with Gasteiger partial charge in [0.1, 0.15) is 0 Å². The van der Waals surface area contributed by atoms with Gasteiger partial charge in [-0.15, -0.1) is 0 Å². The van der Waals surface area contributed by atoms with Gasteiger partial charge in [-0.3, -0.25) is 4.79 Å². The number of hydrogen-bond acceptors (Lipinski definition) is 1. The van der Waals surface area contributed by atoms with Crippen LogP contribution in [0.25, 0.3) is 0 Å². The molecule has 1 amide bonds. The molecule has 0 saturated heterocycles. The van der Waals surface area contributed by atoms with Crippen LogP contribution in [0, 0.1) is 18.8 Å². The third-order valence-corrected chi connectivity index (χ3v) is 4.85. The van der Waals surface area contributed by atoms with Crippen LogP contribution in [0.5, 0.6) is 0 Å². The molecule has 2 bridgehead atoms. The van der Waals surface area contributed by atoms with E-state index < -0.39 is 0 Å². The molecule has 0 radical (unpaired) electrons. The molecule has 0 aliphatic heterocycles. The fourth-order valence-electron chi connectivity index (χ4n) is 3.71. The van der Waals surface area contributed by atoms with Gasteiger partial charge in [-0.2, -0.15) is 0 Å². The molecule has 102 valence electrons. The van der Waals surface area contributed by atoms with Crippen molar-refractivity contribution in [3.63, 3.8) is 0 Å². The van der Waals surface area contributed by atoms with E-state index in [1.807, 2.05) is 0 Å². The fraction of sp³-hybridized carbons (Fsp3) is 0.588. The van der Waals surface area contributed by atoms with Crippen LogP contribution in [-0.2, 0) is 11.2 Å². The minimum atomic E-state index is 0.234. The molecule has 2 saturated carbocycles. The van der Waals surface area contributed by atoms with Crippen LogP contribution in [0.15, 0.2) is 24.3 Å². The third-order valence-electron chi connectivity index (χ3n) is 4.85. The highest BCUT2D eigenvalue weighted by atomic mass is 16.1. The Labute approximate surface area is 115 Å². The quantitative estimate of drug-likeness (QED) is 0.881. The van der Waals surface area contributed by atoms with Crippen LogP contribution in [0.3, 0.4) is 0 Å². The van der Waals surface area contributed by atoms with Crippen LogP contribution in [0.1, 0.15) is 43.2 Å². The molecular weight excluding hydrogens is 234 g/mol. The minimum absolute atomic E-state index is 0.234. The number of nitrogens with one attached hydrogen (secondary N) is 1. The van der Waals surface area contributed by atoms with E-state index >= 15 is 0 Å². The van der Waals surface area contributed by atoms with Gasteiger partial charge >= 0.3 is 0 Å². The zero-order valence-electron chi connectivity index (χ0n) is 11.7. The van der Waals surface area contributed by atoms with Gasteiger partial charge in [0.15, 0.2) is 0 Å². The summed E-state index contributed by atoms with van der Waals surface area (Å²) in [7, 11) is 0. The summed E-state index contributed by atoms with van der Waals surface area (Å²) in [5.41, 5.74) is 2.53. The molecule has 0 spiro atoms. The van der Waals surface area contributed by atoms with E-state index in [1.54, 1.807) is 0 Å². The smallest absolute Gasteiger partial charge is 0.220 e. The zero-order valence-corrected chi connectivity index (χ0v) is 11.7. The summed E-state index contributed by atoms with van der Waals surface area (Å²) in [6.45, 7) is 2.09. The first-order valence-corrected chi connectivity index (χ1v) is 7.55. The van der Waals surface area contributed by atoms with Crippen molar-refractivity contribution in [2.45, 2.75) is 51.5 Å². The SMILES string of the molecule is Cc1ccc(CCC(=O)N[C@H]2C[C@H]3CC[C@H]2C3)cc1. The van der Waals surface area contributed by atoms with Gasteiger partial charge in [0, 0.05) is 12.5 Å². The van der Waals surface area contributed by atoms with Crippen molar-refractivity contribution >= 4 is 5.91 Å². The second kappa shape index (κ2) is 5.36. The van der Waals surface area contributed by atoms with E-state index in [-0.39, 0.29) is 5.91 Å². The van der Waals surface area contributed by atoms with Gasteiger partial charge in [-0.1, -0.05) is 36.2 Å². The van der Waals surface area contributed by atoms with E-state index in [9.17, 15) is 4.79 Å². The monoisotopic (exact) mass is 257 g/mol. The average Bonchev–Trinajstić information content (AvgIpc) is 3.00. The zero-order chi connectivity index (χ0) is 13.2. The van der Waals surface area contributed by atoms with Crippen molar-refractivity contribution in [3.8, 4) is 0 Å². The second-order valence-electron chi connectivity index (χ2n) is 6.33. The Hall–Kier alpha value is -1.31. The number of rotatable bonds is 4.